The number of benzene rings is 1. The van der Waals surface area contributed by atoms with Crippen molar-refractivity contribution in [2.75, 3.05) is 0 Å². The van der Waals surface area contributed by atoms with E-state index < -0.39 is 3.79 Å². The first kappa shape index (κ1) is 15.6. The number of fused-ring (bicyclic) bond motifs is 1. The van der Waals surface area contributed by atoms with Crippen LogP contribution in [0.3, 0.4) is 0 Å². The van der Waals surface area contributed by atoms with Crippen LogP contribution in [0.2, 0.25) is 0 Å². The Morgan fingerprint density at radius 2 is 2.05 bits per heavy atom. The lowest BCUT2D eigenvalue weighted by molar-refractivity contribution is 0.183. The zero-order valence-corrected chi connectivity index (χ0v) is 12.6. The molecular weight excluding hydrogens is 339 g/mol. The average Bonchev–Trinajstić information content (AvgIpc) is 2.41. The summed E-state index contributed by atoms with van der Waals surface area (Å²) in [5.74, 6) is -0.195. The minimum Gasteiger partial charge on any atom is -0.426 e. The van der Waals surface area contributed by atoms with Gasteiger partial charge in [-0.2, -0.15) is 9.83 Å². The normalized spacial score (nSPS) is 13.2. The van der Waals surface area contributed by atoms with Crippen molar-refractivity contribution in [3.63, 3.8) is 0 Å². The van der Waals surface area contributed by atoms with Gasteiger partial charge in [0.05, 0.1) is 11.7 Å². The highest BCUT2D eigenvalue weighted by atomic mass is 35.6. The van der Waals surface area contributed by atoms with Crippen molar-refractivity contribution in [2.24, 2.45) is 15.9 Å². The third kappa shape index (κ3) is 3.63. The molecule has 21 heavy (non-hydrogen) atoms. The maximum absolute atomic E-state index is 9.92. The summed E-state index contributed by atoms with van der Waals surface area (Å²) in [6.45, 7) is 0. The third-order valence-electron chi connectivity index (χ3n) is 2.39. The highest BCUT2D eigenvalue weighted by molar-refractivity contribution is 6.74. The van der Waals surface area contributed by atoms with E-state index in [1.807, 2.05) is 0 Å². The molecule has 2 aromatic rings. The van der Waals surface area contributed by atoms with Gasteiger partial charge >= 0.3 is 0 Å². The molecule has 0 aliphatic carbocycles. The van der Waals surface area contributed by atoms with E-state index in [9.17, 15) is 5.21 Å². The van der Waals surface area contributed by atoms with Crippen LogP contribution in [-0.4, -0.2) is 30.8 Å². The topological polar surface area (TPSA) is 113 Å². The fraction of sp³-hybridized carbons (Fsp3) is 0.0909. The van der Waals surface area contributed by atoms with E-state index in [1.165, 1.54) is 0 Å². The molecule has 0 unspecified atom stereocenters. The molecule has 2 rings (SSSR count). The van der Waals surface area contributed by atoms with Crippen molar-refractivity contribution in [2.45, 2.75) is 3.79 Å². The molecule has 7 nitrogen and oxygen atoms in total. The number of nitrogens with two attached hydrogens (primary N) is 1. The van der Waals surface area contributed by atoms with Crippen LogP contribution in [0.1, 0.15) is 5.69 Å². The number of halogens is 3. The Balaban J connectivity index is 2.52. The summed E-state index contributed by atoms with van der Waals surface area (Å²) in [4.78, 5) is 4.15. The maximum Gasteiger partial charge on any atom is 0.227 e. The van der Waals surface area contributed by atoms with Crippen molar-refractivity contribution in [1.29, 1.82) is 5.41 Å². The average molecular weight is 348 g/mol. The van der Waals surface area contributed by atoms with Crippen LogP contribution in [0, 0.1) is 5.41 Å². The number of nitrogens with zero attached hydrogens (tertiary/aromatic N) is 4. The van der Waals surface area contributed by atoms with Crippen LogP contribution in [0.4, 0.5) is 0 Å². The lowest BCUT2D eigenvalue weighted by atomic mass is 10.3. The first-order chi connectivity index (χ1) is 9.79. The number of aromatic nitrogens is 2. The minimum absolute atomic E-state index is 0.0438. The second-order valence-corrected chi connectivity index (χ2v) is 6.25. The highest BCUT2D eigenvalue weighted by Crippen LogP contribution is 2.22. The first-order valence-electron chi connectivity index (χ1n) is 5.50. The SMILES string of the molecule is N=c1c(C(N)=N/N=C\C(Cl)(Cl)Cl)nc2ccccc2n1O. The number of nitrogens with one attached hydrogen (secondary N) is 1. The molecule has 0 aliphatic heterocycles. The molecule has 1 heterocycles. The lowest BCUT2D eigenvalue weighted by Gasteiger charge is -2.07. The van der Waals surface area contributed by atoms with E-state index in [-0.39, 0.29) is 17.0 Å². The molecule has 0 spiro atoms. The van der Waals surface area contributed by atoms with E-state index in [0.717, 1.165) is 6.21 Å². The summed E-state index contributed by atoms with van der Waals surface area (Å²) < 4.78 is -1.06. The Labute approximate surface area is 133 Å². The molecule has 1 aromatic carbocycles. The fourth-order valence-corrected chi connectivity index (χ4v) is 1.65. The van der Waals surface area contributed by atoms with Crippen molar-refractivity contribution in [3.8, 4) is 0 Å². The molecule has 0 bridgehead atoms. The Morgan fingerprint density at radius 3 is 2.71 bits per heavy atom. The van der Waals surface area contributed by atoms with E-state index in [1.54, 1.807) is 24.3 Å². The molecule has 10 heteroatoms. The minimum atomic E-state index is -1.71. The van der Waals surface area contributed by atoms with Gasteiger partial charge in [0.2, 0.25) is 3.79 Å². The number of rotatable bonds is 2. The molecule has 0 radical (unpaired) electrons. The monoisotopic (exact) mass is 346 g/mol. The number of para-hydroxylation sites is 2. The van der Waals surface area contributed by atoms with Crippen LogP contribution in [0.15, 0.2) is 34.5 Å². The van der Waals surface area contributed by atoms with Crippen LogP contribution >= 0.6 is 34.8 Å². The van der Waals surface area contributed by atoms with E-state index in [2.05, 4.69) is 15.2 Å². The predicted molar refractivity (Wildman–Crippen MR) is 82.3 cm³/mol. The standard InChI is InChI=1S/C11H9Cl3N6O/c12-11(13,14)5-17-19-9(15)8-10(16)20(21)7-4-2-1-3-6(7)18-8/h1-5,16,21H,(H2,15,19)/b16-10?,17-5-. The van der Waals surface area contributed by atoms with Gasteiger partial charge in [0.25, 0.3) is 0 Å². The zero-order chi connectivity index (χ0) is 15.6. The van der Waals surface area contributed by atoms with Gasteiger partial charge < -0.3 is 10.9 Å². The van der Waals surface area contributed by atoms with Crippen molar-refractivity contribution < 1.29 is 5.21 Å². The van der Waals surface area contributed by atoms with Crippen LogP contribution in [0.25, 0.3) is 11.0 Å². The lowest BCUT2D eigenvalue weighted by Crippen LogP contribution is -2.31. The van der Waals surface area contributed by atoms with Crippen LogP contribution < -0.4 is 11.2 Å². The summed E-state index contributed by atoms with van der Waals surface area (Å²) >= 11 is 16.4. The quantitative estimate of drug-likeness (QED) is 0.253. The number of alkyl halides is 3. The third-order valence-corrected chi connectivity index (χ3v) is 2.68. The number of amidine groups is 1. The summed E-state index contributed by atoms with van der Waals surface area (Å²) in [5, 5.41) is 24.8. The zero-order valence-electron chi connectivity index (χ0n) is 10.3. The smallest absolute Gasteiger partial charge is 0.227 e. The molecule has 0 amide bonds. The summed E-state index contributed by atoms with van der Waals surface area (Å²) in [6.07, 6.45) is 0.947. The fourth-order valence-electron chi connectivity index (χ4n) is 1.51. The Kier molecular flexibility index (Phi) is 4.36. The summed E-state index contributed by atoms with van der Waals surface area (Å²) in [7, 11) is 0. The first-order valence-corrected chi connectivity index (χ1v) is 6.63. The van der Waals surface area contributed by atoms with Crippen molar-refractivity contribution in [3.05, 3.63) is 35.4 Å². The highest BCUT2D eigenvalue weighted by Gasteiger charge is 2.15. The summed E-state index contributed by atoms with van der Waals surface area (Å²) in [6, 6.07) is 6.71. The van der Waals surface area contributed by atoms with Gasteiger partial charge in [-0.15, -0.1) is 5.10 Å². The van der Waals surface area contributed by atoms with Gasteiger partial charge in [0, 0.05) is 0 Å². The molecule has 4 N–H and O–H groups in total. The van der Waals surface area contributed by atoms with Gasteiger partial charge in [0.15, 0.2) is 17.0 Å². The molecule has 1 aromatic heterocycles. The molecule has 0 aliphatic rings. The summed E-state index contributed by atoms with van der Waals surface area (Å²) in [5.41, 5.74) is 6.11. The number of hydrogen-bond acceptors (Lipinski definition) is 5. The Bertz CT molecular complexity index is 793. The molecular formula is C11H9Cl3N6O. The second-order valence-electron chi connectivity index (χ2n) is 3.88. The molecule has 0 atom stereocenters. The molecule has 110 valence electrons. The van der Waals surface area contributed by atoms with Crippen LogP contribution in [0.5, 0.6) is 0 Å². The van der Waals surface area contributed by atoms with Gasteiger partial charge in [-0.1, -0.05) is 46.9 Å². The molecule has 0 saturated carbocycles. The largest absolute Gasteiger partial charge is 0.426 e. The predicted octanol–water partition coefficient (Wildman–Crippen LogP) is 1.81. The molecule has 0 fully saturated rings. The number of hydrogen-bond donors (Lipinski definition) is 3. The van der Waals surface area contributed by atoms with Gasteiger partial charge in [-0.3, -0.25) is 5.41 Å². The van der Waals surface area contributed by atoms with Gasteiger partial charge in [0.1, 0.15) is 5.52 Å². The van der Waals surface area contributed by atoms with Gasteiger partial charge in [-0.25, -0.2) is 4.98 Å². The Morgan fingerprint density at radius 1 is 1.38 bits per heavy atom. The van der Waals surface area contributed by atoms with Crippen LogP contribution in [-0.2, 0) is 0 Å². The Hall–Kier alpha value is -1.83. The van der Waals surface area contributed by atoms with Crippen molar-refractivity contribution in [1.82, 2.24) is 9.71 Å². The van der Waals surface area contributed by atoms with Gasteiger partial charge in [-0.05, 0) is 12.1 Å². The van der Waals surface area contributed by atoms with E-state index in [0.29, 0.717) is 15.8 Å². The molecule has 0 saturated heterocycles. The van der Waals surface area contributed by atoms with Crippen molar-refractivity contribution >= 4 is 57.9 Å². The van der Waals surface area contributed by atoms with E-state index in [4.69, 9.17) is 45.9 Å². The van der Waals surface area contributed by atoms with E-state index >= 15 is 0 Å². The second kappa shape index (κ2) is 5.88. The maximum atomic E-state index is 9.92.